The Bertz CT molecular complexity index is 242. The van der Waals surface area contributed by atoms with Crippen molar-refractivity contribution in [3.63, 3.8) is 0 Å². The summed E-state index contributed by atoms with van der Waals surface area (Å²) < 4.78 is 0. The number of nitrogens with one attached hydrogen (secondary N) is 2. The van der Waals surface area contributed by atoms with Gasteiger partial charge in [0.1, 0.15) is 0 Å². The maximum absolute atomic E-state index is 12.0. The van der Waals surface area contributed by atoms with E-state index >= 15 is 0 Å². The van der Waals surface area contributed by atoms with E-state index in [1.54, 1.807) is 0 Å². The highest BCUT2D eigenvalue weighted by Gasteiger charge is 2.32. The zero-order valence-electron chi connectivity index (χ0n) is 9.75. The average Bonchev–Trinajstić information content (AvgIpc) is 2.75. The first-order valence-corrected chi connectivity index (χ1v) is 6.18. The minimum Gasteiger partial charge on any atom is -0.353 e. The van der Waals surface area contributed by atoms with Gasteiger partial charge in [0.25, 0.3) is 0 Å². The molecule has 1 saturated heterocycles. The maximum atomic E-state index is 12.0. The van der Waals surface area contributed by atoms with E-state index in [-0.39, 0.29) is 11.8 Å². The van der Waals surface area contributed by atoms with Crippen molar-refractivity contribution in [1.82, 2.24) is 10.6 Å². The molecule has 3 heteroatoms. The molecule has 0 radical (unpaired) electrons. The number of carbonyl (C=O) groups excluding carboxylic acids is 1. The second kappa shape index (κ2) is 4.52. The first-order chi connectivity index (χ1) is 7.16. The molecule has 0 aromatic carbocycles. The third-order valence-electron chi connectivity index (χ3n) is 3.90. The molecule has 0 aromatic rings. The van der Waals surface area contributed by atoms with E-state index in [0.717, 1.165) is 19.0 Å². The summed E-state index contributed by atoms with van der Waals surface area (Å²) in [5, 5.41) is 6.48. The van der Waals surface area contributed by atoms with Crippen LogP contribution in [-0.4, -0.2) is 25.0 Å². The van der Waals surface area contributed by atoms with Crippen LogP contribution in [-0.2, 0) is 4.79 Å². The van der Waals surface area contributed by atoms with Crippen LogP contribution in [0.15, 0.2) is 0 Å². The second-order valence-electron chi connectivity index (χ2n) is 5.37. The van der Waals surface area contributed by atoms with Crippen molar-refractivity contribution in [2.24, 2.45) is 17.8 Å². The minimum atomic E-state index is 0.195. The molecule has 4 unspecified atom stereocenters. The van der Waals surface area contributed by atoms with Crippen molar-refractivity contribution in [3.05, 3.63) is 0 Å². The van der Waals surface area contributed by atoms with Crippen LogP contribution < -0.4 is 10.6 Å². The van der Waals surface area contributed by atoms with E-state index in [4.69, 9.17) is 0 Å². The molecule has 2 aliphatic rings. The Hall–Kier alpha value is -0.570. The third kappa shape index (κ3) is 2.51. The van der Waals surface area contributed by atoms with Crippen LogP contribution in [0.3, 0.4) is 0 Å². The monoisotopic (exact) mass is 210 g/mol. The fourth-order valence-corrected chi connectivity index (χ4v) is 2.81. The Morgan fingerprint density at radius 1 is 1.27 bits per heavy atom. The van der Waals surface area contributed by atoms with Gasteiger partial charge in [-0.3, -0.25) is 4.79 Å². The second-order valence-corrected chi connectivity index (χ2v) is 5.37. The molecule has 0 spiro atoms. The summed E-state index contributed by atoms with van der Waals surface area (Å²) in [4.78, 5) is 12.0. The molecule has 4 atom stereocenters. The fourth-order valence-electron chi connectivity index (χ4n) is 2.81. The Labute approximate surface area is 92.0 Å². The molecule has 15 heavy (non-hydrogen) atoms. The standard InChI is InChI=1S/C12H22N2O/c1-8-3-4-10(5-8)14-12(15)11-7-13-6-9(11)2/h8-11,13H,3-7H2,1-2H3,(H,14,15). The molecular weight excluding hydrogens is 188 g/mol. The number of hydrogen-bond donors (Lipinski definition) is 2. The van der Waals surface area contributed by atoms with Crippen LogP contribution >= 0.6 is 0 Å². The highest BCUT2D eigenvalue weighted by molar-refractivity contribution is 5.79. The molecule has 1 saturated carbocycles. The van der Waals surface area contributed by atoms with E-state index in [9.17, 15) is 4.79 Å². The average molecular weight is 210 g/mol. The number of carbonyl (C=O) groups is 1. The van der Waals surface area contributed by atoms with E-state index < -0.39 is 0 Å². The van der Waals surface area contributed by atoms with Crippen molar-refractivity contribution in [2.75, 3.05) is 13.1 Å². The number of rotatable bonds is 2. The van der Waals surface area contributed by atoms with E-state index in [0.29, 0.717) is 12.0 Å². The lowest BCUT2D eigenvalue weighted by Gasteiger charge is -2.18. The number of hydrogen-bond acceptors (Lipinski definition) is 2. The molecule has 2 N–H and O–H groups in total. The molecule has 2 fully saturated rings. The van der Waals surface area contributed by atoms with Crippen LogP contribution in [0.2, 0.25) is 0 Å². The third-order valence-corrected chi connectivity index (χ3v) is 3.90. The molecule has 1 aliphatic heterocycles. The lowest BCUT2D eigenvalue weighted by Crippen LogP contribution is -2.39. The Balaban J connectivity index is 1.81. The van der Waals surface area contributed by atoms with Gasteiger partial charge in [0.2, 0.25) is 5.91 Å². The minimum absolute atomic E-state index is 0.195. The topological polar surface area (TPSA) is 41.1 Å². The van der Waals surface area contributed by atoms with E-state index in [2.05, 4.69) is 24.5 Å². The molecule has 2 rings (SSSR count). The largest absolute Gasteiger partial charge is 0.353 e. The summed E-state index contributed by atoms with van der Waals surface area (Å²) >= 11 is 0. The molecule has 1 amide bonds. The highest BCUT2D eigenvalue weighted by atomic mass is 16.2. The predicted octanol–water partition coefficient (Wildman–Crippen LogP) is 1.15. The molecular formula is C12H22N2O. The van der Waals surface area contributed by atoms with Gasteiger partial charge < -0.3 is 10.6 Å². The molecule has 1 aliphatic carbocycles. The van der Waals surface area contributed by atoms with Crippen molar-refractivity contribution in [1.29, 1.82) is 0 Å². The Morgan fingerprint density at radius 2 is 2.07 bits per heavy atom. The maximum Gasteiger partial charge on any atom is 0.224 e. The summed E-state index contributed by atoms with van der Waals surface area (Å²) in [6, 6.07) is 0.445. The van der Waals surface area contributed by atoms with Gasteiger partial charge in [-0.1, -0.05) is 13.8 Å². The van der Waals surface area contributed by atoms with Gasteiger partial charge in [0.05, 0.1) is 5.92 Å². The Morgan fingerprint density at radius 3 is 2.60 bits per heavy atom. The highest BCUT2D eigenvalue weighted by Crippen LogP contribution is 2.25. The molecule has 1 heterocycles. The van der Waals surface area contributed by atoms with Gasteiger partial charge in [-0.25, -0.2) is 0 Å². The van der Waals surface area contributed by atoms with Crippen molar-refractivity contribution >= 4 is 5.91 Å². The molecule has 86 valence electrons. The zero-order chi connectivity index (χ0) is 10.8. The van der Waals surface area contributed by atoms with Crippen LogP contribution in [0, 0.1) is 17.8 Å². The van der Waals surface area contributed by atoms with Gasteiger partial charge in [0, 0.05) is 12.6 Å². The summed E-state index contributed by atoms with van der Waals surface area (Å²) in [6.45, 7) is 6.27. The first-order valence-electron chi connectivity index (χ1n) is 6.18. The Kier molecular flexibility index (Phi) is 3.29. The van der Waals surface area contributed by atoms with Crippen molar-refractivity contribution in [2.45, 2.75) is 39.2 Å². The molecule has 0 aromatic heterocycles. The van der Waals surface area contributed by atoms with Gasteiger partial charge in [-0.2, -0.15) is 0 Å². The van der Waals surface area contributed by atoms with Gasteiger partial charge in [-0.05, 0) is 37.6 Å². The smallest absolute Gasteiger partial charge is 0.224 e. The van der Waals surface area contributed by atoms with Crippen molar-refractivity contribution < 1.29 is 4.79 Å². The quantitative estimate of drug-likeness (QED) is 0.718. The van der Waals surface area contributed by atoms with E-state index in [1.165, 1.54) is 19.3 Å². The predicted molar refractivity (Wildman–Crippen MR) is 60.5 cm³/mol. The van der Waals surface area contributed by atoms with Crippen LogP contribution in [0.5, 0.6) is 0 Å². The van der Waals surface area contributed by atoms with Gasteiger partial charge in [-0.15, -0.1) is 0 Å². The van der Waals surface area contributed by atoms with Gasteiger partial charge >= 0.3 is 0 Å². The van der Waals surface area contributed by atoms with Crippen LogP contribution in [0.1, 0.15) is 33.1 Å². The molecule has 3 nitrogen and oxygen atoms in total. The van der Waals surface area contributed by atoms with Crippen LogP contribution in [0.25, 0.3) is 0 Å². The van der Waals surface area contributed by atoms with E-state index in [1.807, 2.05) is 0 Å². The summed E-state index contributed by atoms with van der Waals surface area (Å²) in [5.41, 5.74) is 0. The summed E-state index contributed by atoms with van der Waals surface area (Å²) in [5.74, 6) is 1.74. The lowest BCUT2D eigenvalue weighted by molar-refractivity contribution is -0.126. The summed E-state index contributed by atoms with van der Waals surface area (Å²) in [7, 11) is 0. The SMILES string of the molecule is CC1CCC(NC(=O)C2CNCC2C)C1. The normalized spacial score (nSPS) is 40.7. The number of amides is 1. The fraction of sp³-hybridized carbons (Fsp3) is 0.917. The molecule has 0 bridgehead atoms. The van der Waals surface area contributed by atoms with Crippen molar-refractivity contribution in [3.8, 4) is 0 Å². The van der Waals surface area contributed by atoms with Crippen LogP contribution in [0.4, 0.5) is 0 Å². The zero-order valence-corrected chi connectivity index (χ0v) is 9.75. The summed E-state index contributed by atoms with van der Waals surface area (Å²) in [6.07, 6.45) is 3.60. The lowest BCUT2D eigenvalue weighted by atomic mass is 9.97. The first kappa shape index (κ1) is 10.9. The van der Waals surface area contributed by atoms with Gasteiger partial charge in [0.15, 0.2) is 0 Å².